The van der Waals surface area contributed by atoms with Gasteiger partial charge >= 0.3 is 0 Å². The highest BCUT2D eigenvalue weighted by Crippen LogP contribution is 2.31. The number of likely N-dealkylation sites (N-methyl/N-ethyl adjacent to an activating group) is 2. The lowest BCUT2D eigenvalue weighted by Gasteiger charge is -2.22. The van der Waals surface area contributed by atoms with Gasteiger partial charge in [-0.2, -0.15) is 0 Å². The summed E-state index contributed by atoms with van der Waals surface area (Å²) in [6, 6.07) is 6.53. The average Bonchev–Trinajstić information content (AvgIpc) is 2.48. The highest BCUT2D eigenvalue weighted by molar-refractivity contribution is 5.44. The maximum absolute atomic E-state index is 5.86. The SMILES string of the molecule is CCCOc1ccc(C(CN(C)C)NC)cc1OCCC. The molecule has 0 bridgehead atoms. The maximum atomic E-state index is 5.86. The van der Waals surface area contributed by atoms with Crippen LogP contribution in [-0.4, -0.2) is 45.8 Å². The van der Waals surface area contributed by atoms with Crippen LogP contribution in [-0.2, 0) is 0 Å². The fourth-order valence-electron chi connectivity index (χ4n) is 2.13. The Bertz CT molecular complexity index is 408. The molecule has 1 aromatic carbocycles. The van der Waals surface area contributed by atoms with Crippen LogP contribution < -0.4 is 14.8 Å². The summed E-state index contributed by atoms with van der Waals surface area (Å²) in [5, 5.41) is 3.36. The third kappa shape index (κ3) is 5.94. The lowest BCUT2D eigenvalue weighted by molar-refractivity contribution is 0.267. The number of hydrogen-bond donors (Lipinski definition) is 1. The number of nitrogens with one attached hydrogen (secondary N) is 1. The molecule has 0 spiro atoms. The molecule has 0 aliphatic carbocycles. The van der Waals surface area contributed by atoms with Gasteiger partial charge in [-0.25, -0.2) is 0 Å². The van der Waals surface area contributed by atoms with Crippen LogP contribution >= 0.6 is 0 Å². The summed E-state index contributed by atoms with van der Waals surface area (Å²) in [6.45, 7) is 6.59. The van der Waals surface area contributed by atoms with Gasteiger partial charge in [0.1, 0.15) is 0 Å². The van der Waals surface area contributed by atoms with Gasteiger partial charge in [0.05, 0.1) is 13.2 Å². The van der Waals surface area contributed by atoms with E-state index in [1.807, 2.05) is 13.1 Å². The first-order valence-electron chi connectivity index (χ1n) is 7.83. The van der Waals surface area contributed by atoms with E-state index in [1.54, 1.807) is 0 Å². The lowest BCUT2D eigenvalue weighted by atomic mass is 10.1. The summed E-state index contributed by atoms with van der Waals surface area (Å²) in [5.41, 5.74) is 1.22. The fourth-order valence-corrected chi connectivity index (χ4v) is 2.13. The molecule has 120 valence electrons. The van der Waals surface area contributed by atoms with E-state index in [2.05, 4.69) is 50.3 Å². The molecular weight excluding hydrogens is 264 g/mol. The zero-order valence-electron chi connectivity index (χ0n) is 14.1. The molecule has 0 aliphatic rings. The summed E-state index contributed by atoms with van der Waals surface area (Å²) in [5.74, 6) is 1.69. The van der Waals surface area contributed by atoms with E-state index in [9.17, 15) is 0 Å². The van der Waals surface area contributed by atoms with Gasteiger partial charge in [0.25, 0.3) is 0 Å². The number of rotatable bonds is 10. The number of nitrogens with zero attached hydrogens (tertiary/aromatic N) is 1. The van der Waals surface area contributed by atoms with Gasteiger partial charge in [-0.15, -0.1) is 0 Å². The third-order valence-electron chi connectivity index (χ3n) is 3.19. The molecule has 0 fully saturated rings. The molecule has 1 N–H and O–H groups in total. The minimum absolute atomic E-state index is 0.282. The minimum atomic E-state index is 0.282. The van der Waals surface area contributed by atoms with Crippen molar-refractivity contribution < 1.29 is 9.47 Å². The molecule has 4 heteroatoms. The molecule has 1 aromatic rings. The minimum Gasteiger partial charge on any atom is -0.490 e. The first kappa shape index (κ1) is 17.8. The van der Waals surface area contributed by atoms with Crippen molar-refractivity contribution in [2.75, 3.05) is 40.9 Å². The van der Waals surface area contributed by atoms with Crippen LogP contribution in [0.5, 0.6) is 11.5 Å². The Morgan fingerprint density at radius 3 is 2.19 bits per heavy atom. The fraction of sp³-hybridized carbons (Fsp3) is 0.647. The molecule has 21 heavy (non-hydrogen) atoms. The molecule has 1 rings (SSSR count). The molecular formula is C17H30N2O2. The molecule has 0 radical (unpaired) electrons. The average molecular weight is 294 g/mol. The van der Waals surface area contributed by atoms with Crippen molar-refractivity contribution in [2.24, 2.45) is 0 Å². The largest absolute Gasteiger partial charge is 0.490 e. The zero-order valence-corrected chi connectivity index (χ0v) is 14.1. The number of hydrogen-bond acceptors (Lipinski definition) is 4. The Morgan fingerprint density at radius 1 is 1.05 bits per heavy atom. The van der Waals surface area contributed by atoms with Gasteiger partial charge in [-0.3, -0.25) is 0 Å². The van der Waals surface area contributed by atoms with Gasteiger partial charge in [-0.1, -0.05) is 19.9 Å². The van der Waals surface area contributed by atoms with Crippen LogP contribution in [0.2, 0.25) is 0 Å². The van der Waals surface area contributed by atoms with Crippen molar-refractivity contribution in [2.45, 2.75) is 32.7 Å². The highest BCUT2D eigenvalue weighted by atomic mass is 16.5. The van der Waals surface area contributed by atoms with Gasteiger partial charge in [0.15, 0.2) is 11.5 Å². The first-order chi connectivity index (χ1) is 10.1. The highest BCUT2D eigenvalue weighted by Gasteiger charge is 2.14. The summed E-state index contributed by atoms with van der Waals surface area (Å²) < 4.78 is 11.6. The standard InChI is InChI=1S/C17H30N2O2/c1-6-10-20-16-9-8-14(12-17(16)21-11-7-2)15(18-3)13-19(4)5/h8-9,12,15,18H,6-7,10-11,13H2,1-5H3. The molecule has 1 unspecified atom stereocenters. The molecule has 0 saturated carbocycles. The summed E-state index contributed by atoms with van der Waals surface area (Å²) in [7, 11) is 6.15. The molecule has 0 aliphatic heterocycles. The van der Waals surface area contributed by atoms with Crippen LogP contribution in [0.15, 0.2) is 18.2 Å². The van der Waals surface area contributed by atoms with Crippen molar-refractivity contribution in [1.29, 1.82) is 0 Å². The summed E-state index contributed by atoms with van der Waals surface area (Å²) >= 11 is 0. The van der Waals surface area contributed by atoms with E-state index in [1.165, 1.54) is 5.56 Å². The molecule has 0 saturated heterocycles. The molecule has 0 heterocycles. The van der Waals surface area contributed by atoms with E-state index < -0.39 is 0 Å². The quantitative estimate of drug-likeness (QED) is 0.719. The molecule has 1 atom stereocenters. The summed E-state index contributed by atoms with van der Waals surface area (Å²) in [4.78, 5) is 2.18. The Hall–Kier alpha value is -1.26. The Labute approximate surface area is 129 Å². The predicted molar refractivity (Wildman–Crippen MR) is 88.4 cm³/mol. The van der Waals surface area contributed by atoms with E-state index in [0.717, 1.165) is 37.5 Å². The number of benzene rings is 1. The Kier molecular flexibility index (Phi) is 8.16. The monoisotopic (exact) mass is 294 g/mol. The molecule has 0 aromatic heterocycles. The predicted octanol–water partition coefficient (Wildman–Crippen LogP) is 3.09. The second-order valence-corrected chi connectivity index (χ2v) is 5.51. The van der Waals surface area contributed by atoms with Gasteiger partial charge in [0, 0.05) is 12.6 Å². The van der Waals surface area contributed by atoms with E-state index in [4.69, 9.17) is 9.47 Å². The van der Waals surface area contributed by atoms with Crippen LogP contribution in [0.3, 0.4) is 0 Å². The van der Waals surface area contributed by atoms with Crippen molar-refractivity contribution in [3.63, 3.8) is 0 Å². The van der Waals surface area contributed by atoms with E-state index >= 15 is 0 Å². The maximum Gasteiger partial charge on any atom is 0.161 e. The van der Waals surface area contributed by atoms with Crippen LogP contribution in [0, 0.1) is 0 Å². The Morgan fingerprint density at radius 2 is 1.67 bits per heavy atom. The van der Waals surface area contributed by atoms with Gasteiger partial charge < -0.3 is 19.7 Å². The summed E-state index contributed by atoms with van der Waals surface area (Å²) in [6.07, 6.45) is 1.99. The third-order valence-corrected chi connectivity index (χ3v) is 3.19. The van der Waals surface area contributed by atoms with Crippen LogP contribution in [0.1, 0.15) is 38.3 Å². The van der Waals surface area contributed by atoms with Crippen molar-refractivity contribution in [1.82, 2.24) is 10.2 Å². The van der Waals surface area contributed by atoms with Crippen molar-refractivity contribution in [3.05, 3.63) is 23.8 Å². The van der Waals surface area contributed by atoms with Crippen molar-refractivity contribution >= 4 is 0 Å². The van der Waals surface area contributed by atoms with Crippen molar-refractivity contribution in [3.8, 4) is 11.5 Å². The van der Waals surface area contributed by atoms with E-state index in [0.29, 0.717) is 6.61 Å². The zero-order chi connectivity index (χ0) is 15.7. The molecule has 4 nitrogen and oxygen atoms in total. The second-order valence-electron chi connectivity index (χ2n) is 5.51. The van der Waals surface area contributed by atoms with Crippen LogP contribution in [0.4, 0.5) is 0 Å². The number of ether oxygens (including phenoxy) is 2. The normalized spacial score (nSPS) is 12.5. The first-order valence-corrected chi connectivity index (χ1v) is 7.83. The second kappa shape index (κ2) is 9.64. The molecule has 0 amide bonds. The van der Waals surface area contributed by atoms with Crippen LogP contribution in [0.25, 0.3) is 0 Å². The van der Waals surface area contributed by atoms with E-state index in [-0.39, 0.29) is 6.04 Å². The topological polar surface area (TPSA) is 33.7 Å². The van der Waals surface area contributed by atoms with Gasteiger partial charge in [-0.05, 0) is 51.7 Å². The lowest BCUT2D eigenvalue weighted by Crippen LogP contribution is -2.28. The van der Waals surface area contributed by atoms with Gasteiger partial charge in [0.2, 0.25) is 0 Å². The Balaban J connectivity index is 2.95. The smallest absolute Gasteiger partial charge is 0.161 e.